The van der Waals surface area contributed by atoms with Gasteiger partial charge < -0.3 is 15.0 Å². The highest BCUT2D eigenvalue weighted by molar-refractivity contribution is 5.96. The largest absolute Gasteiger partial charge is 0.497 e. The number of hydrogen-bond acceptors (Lipinski definition) is 3. The maximum atomic E-state index is 14.0. The minimum absolute atomic E-state index is 0.167. The van der Waals surface area contributed by atoms with Crippen LogP contribution in [0.4, 0.5) is 14.9 Å². The number of rotatable bonds is 7. The quantitative estimate of drug-likeness (QED) is 0.576. The summed E-state index contributed by atoms with van der Waals surface area (Å²) in [4.78, 5) is 28.9. The number of halogens is 1. The number of urea groups is 1. The van der Waals surface area contributed by atoms with Crippen LogP contribution in [0.2, 0.25) is 0 Å². The Bertz CT molecular complexity index is 1130. The van der Waals surface area contributed by atoms with Crippen LogP contribution in [-0.4, -0.2) is 37.0 Å². The summed E-state index contributed by atoms with van der Waals surface area (Å²) in [5, 5.41) is 2.90. The van der Waals surface area contributed by atoms with Crippen LogP contribution in [0.5, 0.6) is 5.75 Å². The van der Waals surface area contributed by atoms with Crippen molar-refractivity contribution in [3.05, 3.63) is 95.3 Å². The predicted octanol–water partition coefficient (Wildman–Crippen LogP) is 4.60. The fraction of sp³-hybridized carbons (Fsp3) is 0.231. The van der Waals surface area contributed by atoms with E-state index in [-0.39, 0.29) is 24.3 Å². The van der Waals surface area contributed by atoms with E-state index in [9.17, 15) is 14.0 Å². The number of methoxy groups -OCH3 is 1. The number of nitrogens with zero attached hydrogens (tertiary/aromatic N) is 2. The van der Waals surface area contributed by atoms with Gasteiger partial charge in [-0.25, -0.2) is 9.18 Å². The lowest BCUT2D eigenvalue weighted by atomic mass is 10.1. The van der Waals surface area contributed by atoms with Crippen LogP contribution in [0.3, 0.4) is 0 Å². The van der Waals surface area contributed by atoms with Gasteiger partial charge in [-0.3, -0.25) is 9.69 Å². The third kappa shape index (κ3) is 5.31. The number of carbonyl (C=O) groups excluding carboxylic acids is 2. The number of ether oxygens (including phenoxy) is 1. The molecule has 0 saturated carbocycles. The lowest BCUT2D eigenvalue weighted by Crippen LogP contribution is -2.49. The van der Waals surface area contributed by atoms with Crippen molar-refractivity contribution >= 4 is 17.6 Å². The molecule has 1 heterocycles. The SMILES string of the molecule is COc1cccc(CNC(=O)c2ccc(N3CCCN(Cc4ccccc4F)C3=O)cc2)c1. The maximum absolute atomic E-state index is 14.0. The molecule has 0 aliphatic carbocycles. The van der Waals surface area contributed by atoms with Crippen LogP contribution >= 0.6 is 0 Å². The van der Waals surface area contributed by atoms with Gasteiger partial charge in [0.05, 0.1) is 13.7 Å². The highest BCUT2D eigenvalue weighted by atomic mass is 19.1. The molecule has 3 aromatic carbocycles. The summed E-state index contributed by atoms with van der Waals surface area (Å²) >= 11 is 0. The molecule has 1 aliphatic rings. The van der Waals surface area contributed by atoms with Gasteiger partial charge >= 0.3 is 6.03 Å². The number of hydrogen-bond donors (Lipinski definition) is 1. The minimum atomic E-state index is -0.313. The standard InChI is InChI=1S/C26H26FN3O3/c1-33-23-8-4-6-19(16-23)17-28-25(31)20-10-12-22(13-11-20)30-15-5-14-29(26(30)32)18-21-7-2-3-9-24(21)27/h2-4,6-13,16H,5,14-15,17-18H2,1H3,(H,28,31). The molecule has 4 rings (SSSR count). The number of amides is 3. The number of carbonyl (C=O) groups is 2. The molecule has 6 nitrogen and oxygen atoms in total. The molecule has 0 spiro atoms. The van der Waals surface area contributed by atoms with Crippen LogP contribution in [0, 0.1) is 5.82 Å². The second-order valence-electron chi connectivity index (χ2n) is 7.88. The molecule has 0 aromatic heterocycles. The smallest absolute Gasteiger partial charge is 0.324 e. The Morgan fingerprint density at radius 3 is 2.58 bits per heavy atom. The Kier molecular flexibility index (Phi) is 6.88. The van der Waals surface area contributed by atoms with Crippen molar-refractivity contribution in [2.45, 2.75) is 19.5 Å². The van der Waals surface area contributed by atoms with Crippen LogP contribution in [-0.2, 0) is 13.1 Å². The topological polar surface area (TPSA) is 61.9 Å². The molecule has 1 aliphatic heterocycles. The summed E-state index contributed by atoms with van der Waals surface area (Å²) in [6, 6.07) is 20.8. The third-order valence-corrected chi connectivity index (χ3v) is 5.66. The van der Waals surface area contributed by atoms with Crippen molar-refractivity contribution in [2.24, 2.45) is 0 Å². The van der Waals surface area contributed by atoms with Crippen molar-refractivity contribution < 1.29 is 18.7 Å². The summed E-state index contributed by atoms with van der Waals surface area (Å²) in [5.41, 5.74) is 2.65. The van der Waals surface area contributed by atoms with Crippen molar-refractivity contribution in [2.75, 3.05) is 25.1 Å². The molecule has 1 N–H and O–H groups in total. The van der Waals surface area contributed by atoms with Crippen LogP contribution in [0.25, 0.3) is 0 Å². The zero-order valence-corrected chi connectivity index (χ0v) is 18.5. The molecule has 33 heavy (non-hydrogen) atoms. The average Bonchev–Trinajstić information content (AvgIpc) is 2.85. The van der Waals surface area contributed by atoms with Gasteiger partial charge in [-0.05, 0) is 54.4 Å². The van der Waals surface area contributed by atoms with E-state index in [4.69, 9.17) is 4.74 Å². The van der Waals surface area contributed by atoms with E-state index in [1.165, 1.54) is 6.07 Å². The van der Waals surface area contributed by atoms with Gasteiger partial charge in [0.1, 0.15) is 11.6 Å². The maximum Gasteiger partial charge on any atom is 0.324 e. The van der Waals surface area contributed by atoms with Gasteiger partial charge in [-0.1, -0.05) is 30.3 Å². The zero-order chi connectivity index (χ0) is 23.2. The fourth-order valence-corrected chi connectivity index (χ4v) is 3.86. The molecule has 170 valence electrons. The number of anilines is 1. The monoisotopic (exact) mass is 447 g/mol. The van der Waals surface area contributed by atoms with Crippen LogP contribution < -0.4 is 15.0 Å². The first-order valence-corrected chi connectivity index (χ1v) is 10.9. The lowest BCUT2D eigenvalue weighted by molar-refractivity contribution is 0.0951. The third-order valence-electron chi connectivity index (χ3n) is 5.66. The molecular formula is C26H26FN3O3. The van der Waals surface area contributed by atoms with E-state index < -0.39 is 0 Å². The van der Waals surface area contributed by atoms with Crippen molar-refractivity contribution in [3.8, 4) is 5.75 Å². The fourth-order valence-electron chi connectivity index (χ4n) is 3.86. The molecule has 0 atom stereocenters. The van der Waals surface area contributed by atoms with Crippen LogP contribution in [0.15, 0.2) is 72.8 Å². The first kappa shape index (κ1) is 22.3. The first-order valence-electron chi connectivity index (χ1n) is 10.9. The van der Waals surface area contributed by atoms with Crippen LogP contribution in [0.1, 0.15) is 27.9 Å². The summed E-state index contributed by atoms with van der Waals surface area (Å²) in [7, 11) is 1.60. The molecular weight excluding hydrogens is 421 g/mol. The molecule has 3 aromatic rings. The van der Waals surface area contributed by atoms with E-state index in [1.54, 1.807) is 59.4 Å². The second kappa shape index (κ2) is 10.2. The van der Waals surface area contributed by atoms with E-state index in [1.807, 2.05) is 24.3 Å². The Hall–Kier alpha value is -3.87. The van der Waals surface area contributed by atoms with E-state index in [0.29, 0.717) is 36.4 Å². The Morgan fingerprint density at radius 2 is 1.82 bits per heavy atom. The molecule has 1 saturated heterocycles. The summed E-state index contributed by atoms with van der Waals surface area (Å²) in [6.07, 6.45) is 0.781. The molecule has 3 amide bonds. The van der Waals surface area contributed by atoms with Crippen molar-refractivity contribution in [3.63, 3.8) is 0 Å². The Morgan fingerprint density at radius 1 is 1.03 bits per heavy atom. The first-order chi connectivity index (χ1) is 16.0. The van der Waals surface area contributed by atoms with Crippen molar-refractivity contribution in [1.82, 2.24) is 10.2 Å². The zero-order valence-electron chi connectivity index (χ0n) is 18.5. The summed E-state index contributed by atoms with van der Waals surface area (Å²) in [5.74, 6) is 0.226. The van der Waals surface area contributed by atoms with E-state index >= 15 is 0 Å². The predicted molar refractivity (Wildman–Crippen MR) is 125 cm³/mol. The lowest BCUT2D eigenvalue weighted by Gasteiger charge is -2.35. The molecule has 1 fully saturated rings. The van der Waals surface area contributed by atoms with Gasteiger partial charge in [-0.15, -0.1) is 0 Å². The van der Waals surface area contributed by atoms with Gasteiger partial charge in [0.2, 0.25) is 0 Å². The summed E-state index contributed by atoms with van der Waals surface area (Å²) < 4.78 is 19.2. The van der Waals surface area contributed by atoms with Crippen molar-refractivity contribution in [1.29, 1.82) is 0 Å². The van der Waals surface area contributed by atoms with Gasteiger partial charge in [0.15, 0.2) is 0 Å². The highest BCUT2D eigenvalue weighted by Gasteiger charge is 2.27. The summed E-state index contributed by atoms with van der Waals surface area (Å²) in [6.45, 7) is 1.77. The second-order valence-corrected chi connectivity index (χ2v) is 7.88. The van der Waals surface area contributed by atoms with Gasteiger partial charge in [0, 0.05) is 36.4 Å². The Labute approximate surface area is 192 Å². The number of nitrogens with one attached hydrogen (secondary N) is 1. The Balaban J connectivity index is 1.39. The minimum Gasteiger partial charge on any atom is -0.497 e. The average molecular weight is 448 g/mol. The molecule has 7 heteroatoms. The normalized spacial score (nSPS) is 13.7. The van der Waals surface area contributed by atoms with E-state index in [0.717, 1.165) is 17.7 Å². The van der Waals surface area contributed by atoms with Gasteiger partial charge in [0.25, 0.3) is 5.91 Å². The molecule has 0 bridgehead atoms. The number of benzene rings is 3. The van der Waals surface area contributed by atoms with E-state index in [2.05, 4.69) is 5.32 Å². The molecule has 0 unspecified atom stereocenters. The highest BCUT2D eigenvalue weighted by Crippen LogP contribution is 2.23. The molecule has 0 radical (unpaired) electrons. The van der Waals surface area contributed by atoms with Gasteiger partial charge in [-0.2, -0.15) is 0 Å².